The van der Waals surface area contributed by atoms with Gasteiger partial charge in [-0.3, -0.25) is 0 Å². The maximum atomic E-state index is 14.0. The van der Waals surface area contributed by atoms with Gasteiger partial charge in [-0.2, -0.15) is 0 Å². The van der Waals surface area contributed by atoms with Crippen molar-refractivity contribution in [3.05, 3.63) is 29.6 Å². The van der Waals surface area contributed by atoms with Crippen LogP contribution in [0.1, 0.15) is 57.6 Å². The van der Waals surface area contributed by atoms with Crippen molar-refractivity contribution in [1.29, 1.82) is 0 Å². The monoisotopic (exact) mass is 278 g/mol. The van der Waals surface area contributed by atoms with E-state index in [4.69, 9.17) is 5.73 Å². The summed E-state index contributed by atoms with van der Waals surface area (Å²) in [7, 11) is 2.08. The molecule has 0 aromatic heterocycles. The van der Waals surface area contributed by atoms with Crippen LogP contribution >= 0.6 is 0 Å². The molecule has 1 atom stereocenters. The number of nitrogens with two attached hydrogens (primary N) is 1. The van der Waals surface area contributed by atoms with Gasteiger partial charge in [-0.25, -0.2) is 4.39 Å². The van der Waals surface area contributed by atoms with Crippen LogP contribution in [0, 0.1) is 11.7 Å². The highest BCUT2D eigenvalue weighted by molar-refractivity contribution is 5.55. The lowest BCUT2D eigenvalue weighted by molar-refractivity contribution is 0.313. The Bertz CT molecular complexity index is 437. The van der Waals surface area contributed by atoms with Crippen molar-refractivity contribution in [2.24, 2.45) is 11.7 Å². The molecule has 1 saturated carbocycles. The van der Waals surface area contributed by atoms with Crippen LogP contribution in [0.4, 0.5) is 10.1 Å². The van der Waals surface area contributed by atoms with Crippen LogP contribution < -0.4 is 10.6 Å². The highest BCUT2D eigenvalue weighted by Crippen LogP contribution is 2.34. The fourth-order valence-electron chi connectivity index (χ4n) is 3.42. The molecule has 1 aromatic rings. The lowest BCUT2D eigenvalue weighted by Gasteiger charge is -2.37. The first-order valence-corrected chi connectivity index (χ1v) is 7.81. The fourth-order valence-corrected chi connectivity index (χ4v) is 3.42. The van der Waals surface area contributed by atoms with E-state index in [-0.39, 0.29) is 11.9 Å². The van der Waals surface area contributed by atoms with E-state index in [1.807, 2.05) is 13.0 Å². The third kappa shape index (κ3) is 3.14. The third-order valence-electron chi connectivity index (χ3n) is 4.81. The van der Waals surface area contributed by atoms with Gasteiger partial charge in [-0.05, 0) is 50.7 Å². The Hall–Kier alpha value is -1.09. The highest BCUT2D eigenvalue weighted by atomic mass is 19.1. The molecule has 1 aromatic carbocycles. The number of benzene rings is 1. The Labute approximate surface area is 122 Å². The van der Waals surface area contributed by atoms with Crippen LogP contribution in [0.25, 0.3) is 0 Å². The van der Waals surface area contributed by atoms with Crippen LogP contribution in [0.5, 0.6) is 0 Å². The van der Waals surface area contributed by atoms with Gasteiger partial charge in [0, 0.05) is 30.4 Å². The zero-order valence-electron chi connectivity index (χ0n) is 12.9. The largest absolute Gasteiger partial charge is 0.371 e. The van der Waals surface area contributed by atoms with E-state index >= 15 is 0 Å². The zero-order chi connectivity index (χ0) is 14.7. The van der Waals surface area contributed by atoms with Crippen molar-refractivity contribution in [3.8, 4) is 0 Å². The predicted octanol–water partition coefficient (Wildman–Crippen LogP) is 4.25. The molecule has 1 aliphatic rings. The molecule has 2 nitrogen and oxygen atoms in total. The third-order valence-corrected chi connectivity index (χ3v) is 4.81. The van der Waals surface area contributed by atoms with Gasteiger partial charge in [0.1, 0.15) is 5.82 Å². The van der Waals surface area contributed by atoms with Gasteiger partial charge in [0.2, 0.25) is 0 Å². The lowest BCUT2D eigenvalue weighted by Crippen LogP contribution is -2.36. The van der Waals surface area contributed by atoms with E-state index in [1.54, 1.807) is 6.07 Å². The van der Waals surface area contributed by atoms with Crippen molar-refractivity contribution in [1.82, 2.24) is 0 Å². The molecular weight excluding hydrogens is 251 g/mol. The average molecular weight is 278 g/mol. The molecule has 0 heterocycles. The first-order chi connectivity index (χ1) is 9.54. The second-order valence-corrected chi connectivity index (χ2v) is 6.16. The van der Waals surface area contributed by atoms with Gasteiger partial charge in [0.25, 0.3) is 0 Å². The SMILES string of the molecule is CCC1CCC(N(C)c2cccc(F)c2[C@@H](C)N)CC1. The number of halogens is 1. The van der Waals surface area contributed by atoms with Crippen molar-refractivity contribution in [2.75, 3.05) is 11.9 Å². The lowest BCUT2D eigenvalue weighted by atomic mass is 9.83. The van der Waals surface area contributed by atoms with E-state index in [2.05, 4.69) is 18.9 Å². The van der Waals surface area contributed by atoms with E-state index in [0.717, 1.165) is 11.6 Å². The van der Waals surface area contributed by atoms with Crippen LogP contribution in [0.2, 0.25) is 0 Å². The Morgan fingerprint density at radius 1 is 1.30 bits per heavy atom. The number of nitrogens with zero attached hydrogens (tertiary/aromatic N) is 1. The molecule has 3 heteroatoms. The number of hydrogen-bond acceptors (Lipinski definition) is 2. The summed E-state index contributed by atoms with van der Waals surface area (Å²) in [4.78, 5) is 2.24. The van der Waals surface area contributed by atoms with Crippen molar-refractivity contribution < 1.29 is 4.39 Å². The van der Waals surface area contributed by atoms with Gasteiger partial charge in [0.05, 0.1) is 0 Å². The zero-order valence-corrected chi connectivity index (χ0v) is 12.9. The van der Waals surface area contributed by atoms with E-state index in [1.165, 1.54) is 38.2 Å². The Balaban J connectivity index is 2.17. The van der Waals surface area contributed by atoms with E-state index < -0.39 is 0 Å². The van der Waals surface area contributed by atoms with Crippen LogP contribution in [0.15, 0.2) is 18.2 Å². The van der Waals surface area contributed by atoms with Crippen LogP contribution in [-0.2, 0) is 0 Å². The molecule has 2 rings (SSSR count). The molecule has 1 fully saturated rings. The minimum absolute atomic E-state index is 0.188. The second kappa shape index (κ2) is 6.57. The quantitative estimate of drug-likeness (QED) is 0.892. The second-order valence-electron chi connectivity index (χ2n) is 6.16. The fraction of sp³-hybridized carbons (Fsp3) is 0.647. The molecule has 20 heavy (non-hydrogen) atoms. The van der Waals surface area contributed by atoms with Crippen molar-refractivity contribution in [2.45, 2.75) is 58.0 Å². The summed E-state index contributed by atoms with van der Waals surface area (Å²) in [6, 6.07) is 5.51. The molecule has 1 aliphatic carbocycles. The normalized spacial score (nSPS) is 24.4. The van der Waals surface area contributed by atoms with Gasteiger partial charge >= 0.3 is 0 Å². The molecule has 0 radical (unpaired) electrons. The predicted molar refractivity (Wildman–Crippen MR) is 83.4 cm³/mol. The molecule has 0 aliphatic heterocycles. The Morgan fingerprint density at radius 3 is 2.50 bits per heavy atom. The summed E-state index contributed by atoms with van der Waals surface area (Å²) in [5.41, 5.74) is 7.56. The molecule has 112 valence electrons. The van der Waals surface area contributed by atoms with Gasteiger partial charge < -0.3 is 10.6 Å². The summed E-state index contributed by atoms with van der Waals surface area (Å²) in [5.74, 6) is 0.687. The first kappa shape index (κ1) is 15.3. The molecule has 2 N–H and O–H groups in total. The standard InChI is InChI=1S/C17H27FN2/c1-4-13-8-10-14(11-9-13)20(3)16-7-5-6-15(18)17(16)12(2)19/h5-7,12-14H,4,8-11,19H2,1-3H3/t12-,13?,14?/m1/s1. The van der Waals surface area contributed by atoms with E-state index in [0.29, 0.717) is 11.6 Å². The summed E-state index contributed by atoms with van der Waals surface area (Å²) < 4.78 is 14.0. The molecule has 0 bridgehead atoms. The summed E-state index contributed by atoms with van der Waals surface area (Å²) in [6.45, 7) is 4.12. The maximum Gasteiger partial charge on any atom is 0.130 e. The Morgan fingerprint density at radius 2 is 1.95 bits per heavy atom. The summed E-state index contributed by atoms with van der Waals surface area (Å²) >= 11 is 0. The minimum atomic E-state index is -0.277. The minimum Gasteiger partial charge on any atom is -0.371 e. The van der Waals surface area contributed by atoms with Gasteiger partial charge in [-0.15, -0.1) is 0 Å². The van der Waals surface area contributed by atoms with Gasteiger partial charge in [0.15, 0.2) is 0 Å². The van der Waals surface area contributed by atoms with Crippen molar-refractivity contribution in [3.63, 3.8) is 0 Å². The average Bonchev–Trinajstić information content (AvgIpc) is 2.46. The van der Waals surface area contributed by atoms with E-state index in [9.17, 15) is 4.39 Å². The molecule has 0 spiro atoms. The highest BCUT2D eigenvalue weighted by Gasteiger charge is 2.25. The molecule has 0 unspecified atom stereocenters. The molecular formula is C17H27FN2. The maximum absolute atomic E-state index is 14.0. The van der Waals surface area contributed by atoms with Crippen molar-refractivity contribution >= 4 is 5.69 Å². The van der Waals surface area contributed by atoms with Gasteiger partial charge in [-0.1, -0.05) is 19.4 Å². The molecule has 0 saturated heterocycles. The summed E-state index contributed by atoms with van der Waals surface area (Å²) in [6.07, 6.45) is 6.25. The topological polar surface area (TPSA) is 29.3 Å². The number of anilines is 1. The first-order valence-electron chi connectivity index (χ1n) is 7.81. The number of rotatable bonds is 4. The molecule has 0 amide bonds. The smallest absolute Gasteiger partial charge is 0.130 e. The van der Waals surface area contributed by atoms with Crippen LogP contribution in [-0.4, -0.2) is 13.1 Å². The summed E-state index contributed by atoms with van der Waals surface area (Å²) in [5, 5.41) is 0. The number of hydrogen-bond donors (Lipinski definition) is 1. The van der Waals surface area contributed by atoms with Crippen LogP contribution in [0.3, 0.4) is 0 Å². The Kier molecular flexibility index (Phi) is 5.03.